The first-order valence-electron chi connectivity index (χ1n) is 8.64. The number of likely N-dealkylation sites (tertiary alicyclic amines) is 1. The molecular formula is C20H19ClFN3O. The van der Waals surface area contributed by atoms with Gasteiger partial charge in [0.2, 0.25) is 0 Å². The van der Waals surface area contributed by atoms with Gasteiger partial charge in [-0.25, -0.2) is 9.37 Å². The van der Waals surface area contributed by atoms with Crippen LogP contribution >= 0.6 is 11.6 Å². The van der Waals surface area contributed by atoms with E-state index in [2.05, 4.69) is 4.98 Å². The Morgan fingerprint density at radius 1 is 1.19 bits per heavy atom. The molecule has 0 radical (unpaired) electrons. The van der Waals surface area contributed by atoms with Gasteiger partial charge >= 0.3 is 0 Å². The van der Waals surface area contributed by atoms with Crippen molar-refractivity contribution in [1.29, 1.82) is 0 Å². The molecule has 1 aromatic heterocycles. The lowest BCUT2D eigenvalue weighted by Gasteiger charge is -2.34. The minimum atomic E-state index is -1.17. The number of nitrogens with zero attached hydrogens (tertiary/aromatic N) is 3. The molecule has 2 aromatic carbocycles. The number of piperidine rings is 1. The maximum Gasteiger partial charge on any atom is 0.253 e. The summed E-state index contributed by atoms with van der Waals surface area (Å²) < 4.78 is 15.9. The standard InChI is InChI=1S/C20H19ClFN3O/c1-20(22)7-9-24(10-8-20)19(26)14-5-6-18-17(11-14)23-13-25(18)16-4-2-3-15(21)12-16/h2-6,11-13H,7-10H2,1H3. The molecule has 0 bridgehead atoms. The van der Waals surface area contributed by atoms with Gasteiger partial charge in [0.1, 0.15) is 12.0 Å². The van der Waals surface area contributed by atoms with E-state index in [0.717, 1.165) is 16.7 Å². The van der Waals surface area contributed by atoms with Gasteiger partial charge in [0.15, 0.2) is 0 Å². The van der Waals surface area contributed by atoms with Crippen molar-refractivity contribution in [3.8, 4) is 5.69 Å². The summed E-state index contributed by atoms with van der Waals surface area (Å²) in [6, 6.07) is 13.0. The van der Waals surface area contributed by atoms with Crippen molar-refractivity contribution >= 4 is 28.5 Å². The van der Waals surface area contributed by atoms with Crippen LogP contribution in [0.25, 0.3) is 16.7 Å². The third-order valence-corrected chi connectivity index (χ3v) is 5.21. The average Bonchev–Trinajstić information content (AvgIpc) is 3.04. The molecule has 1 saturated heterocycles. The van der Waals surface area contributed by atoms with Gasteiger partial charge < -0.3 is 4.90 Å². The van der Waals surface area contributed by atoms with Gasteiger partial charge in [0, 0.05) is 29.4 Å². The largest absolute Gasteiger partial charge is 0.338 e. The summed E-state index contributed by atoms with van der Waals surface area (Å²) in [5, 5.41) is 0.654. The Bertz CT molecular complexity index is 972. The van der Waals surface area contributed by atoms with Crippen molar-refractivity contribution < 1.29 is 9.18 Å². The summed E-state index contributed by atoms with van der Waals surface area (Å²) in [5.74, 6) is -0.0697. The summed E-state index contributed by atoms with van der Waals surface area (Å²) in [4.78, 5) is 18.9. The van der Waals surface area contributed by atoms with E-state index in [1.165, 1.54) is 0 Å². The van der Waals surface area contributed by atoms with E-state index >= 15 is 0 Å². The fourth-order valence-corrected chi connectivity index (χ4v) is 3.52. The molecule has 0 aliphatic carbocycles. The van der Waals surface area contributed by atoms with Crippen LogP contribution in [0.5, 0.6) is 0 Å². The van der Waals surface area contributed by atoms with Gasteiger partial charge in [-0.2, -0.15) is 0 Å². The normalized spacial score (nSPS) is 16.8. The SMILES string of the molecule is CC1(F)CCN(C(=O)c2ccc3c(c2)ncn3-c2cccc(Cl)c2)CC1. The number of benzene rings is 2. The molecule has 0 atom stereocenters. The quantitative estimate of drug-likeness (QED) is 0.658. The van der Waals surface area contributed by atoms with Crippen LogP contribution in [0, 0.1) is 0 Å². The van der Waals surface area contributed by atoms with E-state index in [4.69, 9.17) is 11.6 Å². The molecular weight excluding hydrogens is 353 g/mol. The molecule has 0 unspecified atom stereocenters. The summed E-state index contributed by atoms with van der Waals surface area (Å²) >= 11 is 6.08. The minimum absolute atomic E-state index is 0.0697. The lowest BCUT2D eigenvalue weighted by atomic mass is 9.95. The topological polar surface area (TPSA) is 38.1 Å². The van der Waals surface area contributed by atoms with Crippen LogP contribution in [0.2, 0.25) is 5.02 Å². The maximum atomic E-state index is 14.0. The van der Waals surface area contributed by atoms with E-state index in [0.29, 0.717) is 36.5 Å². The Labute approximate surface area is 156 Å². The van der Waals surface area contributed by atoms with Crippen molar-refractivity contribution in [3.05, 3.63) is 59.4 Å². The lowest BCUT2D eigenvalue weighted by molar-refractivity contribution is 0.0504. The zero-order chi connectivity index (χ0) is 18.3. The van der Waals surface area contributed by atoms with Crippen LogP contribution < -0.4 is 0 Å². The molecule has 6 heteroatoms. The summed E-state index contributed by atoms with van der Waals surface area (Å²) in [7, 11) is 0. The van der Waals surface area contributed by atoms with Crippen molar-refractivity contribution in [3.63, 3.8) is 0 Å². The highest BCUT2D eigenvalue weighted by atomic mass is 35.5. The Kier molecular flexibility index (Phi) is 4.19. The van der Waals surface area contributed by atoms with E-state index in [1.807, 2.05) is 34.9 Å². The predicted molar refractivity (Wildman–Crippen MR) is 101 cm³/mol. The first-order valence-corrected chi connectivity index (χ1v) is 9.02. The van der Waals surface area contributed by atoms with Crippen molar-refractivity contribution in [2.45, 2.75) is 25.4 Å². The number of fused-ring (bicyclic) bond motifs is 1. The number of imidazole rings is 1. The van der Waals surface area contributed by atoms with Gasteiger partial charge in [0.25, 0.3) is 5.91 Å². The molecule has 1 aliphatic rings. The first kappa shape index (κ1) is 17.0. The smallest absolute Gasteiger partial charge is 0.253 e. The lowest BCUT2D eigenvalue weighted by Crippen LogP contribution is -2.43. The number of amides is 1. The first-order chi connectivity index (χ1) is 12.4. The highest BCUT2D eigenvalue weighted by Gasteiger charge is 2.31. The van der Waals surface area contributed by atoms with E-state index in [-0.39, 0.29) is 5.91 Å². The van der Waals surface area contributed by atoms with Crippen molar-refractivity contribution in [2.24, 2.45) is 0 Å². The van der Waals surface area contributed by atoms with Crippen LogP contribution in [0.1, 0.15) is 30.1 Å². The third kappa shape index (κ3) is 3.19. The molecule has 134 valence electrons. The molecule has 1 aliphatic heterocycles. The van der Waals surface area contributed by atoms with Crippen LogP contribution in [-0.4, -0.2) is 39.1 Å². The highest BCUT2D eigenvalue weighted by Crippen LogP contribution is 2.27. The van der Waals surface area contributed by atoms with E-state index < -0.39 is 5.67 Å². The third-order valence-electron chi connectivity index (χ3n) is 4.97. The van der Waals surface area contributed by atoms with Gasteiger partial charge in [-0.3, -0.25) is 9.36 Å². The van der Waals surface area contributed by atoms with Crippen LogP contribution in [0.3, 0.4) is 0 Å². The fourth-order valence-electron chi connectivity index (χ4n) is 3.34. The van der Waals surface area contributed by atoms with E-state index in [1.54, 1.807) is 30.3 Å². The second-order valence-corrected chi connectivity index (χ2v) is 7.44. The predicted octanol–water partition coefficient (Wildman–Crippen LogP) is 4.64. The average molecular weight is 372 g/mol. The van der Waals surface area contributed by atoms with Crippen LogP contribution in [0.4, 0.5) is 4.39 Å². The number of carbonyl (C=O) groups excluding carboxylic acids is 1. The summed E-state index contributed by atoms with van der Waals surface area (Å²) in [5.41, 5.74) is 1.96. The van der Waals surface area contributed by atoms with Gasteiger partial charge in [-0.1, -0.05) is 17.7 Å². The number of alkyl halides is 1. The number of rotatable bonds is 2. The van der Waals surface area contributed by atoms with Crippen LogP contribution in [0.15, 0.2) is 48.8 Å². The summed E-state index contributed by atoms with van der Waals surface area (Å²) in [6.45, 7) is 2.49. The Morgan fingerprint density at radius 3 is 2.69 bits per heavy atom. The maximum absolute atomic E-state index is 14.0. The van der Waals surface area contributed by atoms with Gasteiger partial charge in [-0.15, -0.1) is 0 Å². The molecule has 0 spiro atoms. The minimum Gasteiger partial charge on any atom is -0.338 e. The fraction of sp³-hybridized carbons (Fsp3) is 0.300. The van der Waals surface area contributed by atoms with Crippen LogP contribution in [-0.2, 0) is 0 Å². The Hall–Kier alpha value is -2.40. The molecule has 0 N–H and O–H groups in total. The zero-order valence-corrected chi connectivity index (χ0v) is 15.2. The molecule has 4 nitrogen and oxygen atoms in total. The Balaban J connectivity index is 1.62. The molecule has 2 heterocycles. The number of hydrogen-bond acceptors (Lipinski definition) is 2. The number of carbonyl (C=O) groups is 1. The number of halogens is 2. The molecule has 26 heavy (non-hydrogen) atoms. The Morgan fingerprint density at radius 2 is 1.96 bits per heavy atom. The van der Waals surface area contributed by atoms with Crippen molar-refractivity contribution in [1.82, 2.24) is 14.5 Å². The monoisotopic (exact) mass is 371 g/mol. The molecule has 1 amide bonds. The molecule has 0 saturated carbocycles. The number of aromatic nitrogens is 2. The summed E-state index contributed by atoms with van der Waals surface area (Å²) in [6.07, 6.45) is 2.48. The number of hydrogen-bond donors (Lipinski definition) is 0. The molecule has 1 fully saturated rings. The second-order valence-electron chi connectivity index (χ2n) is 7.00. The van der Waals surface area contributed by atoms with Gasteiger partial charge in [0.05, 0.1) is 11.0 Å². The second kappa shape index (κ2) is 6.40. The molecule has 3 aromatic rings. The van der Waals surface area contributed by atoms with E-state index in [9.17, 15) is 9.18 Å². The van der Waals surface area contributed by atoms with Gasteiger partial charge in [-0.05, 0) is 56.2 Å². The highest BCUT2D eigenvalue weighted by molar-refractivity contribution is 6.30. The van der Waals surface area contributed by atoms with Crippen molar-refractivity contribution in [2.75, 3.05) is 13.1 Å². The molecule has 4 rings (SSSR count). The zero-order valence-electron chi connectivity index (χ0n) is 14.5.